The second-order valence-corrected chi connectivity index (χ2v) is 3.81. The van der Waals surface area contributed by atoms with Gasteiger partial charge >= 0.3 is 5.97 Å². The Bertz CT molecular complexity index is 578. The minimum absolute atomic E-state index is 0.209. The van der Waals surface area contributed by atoms with Gasteiger partial charge in [0.05, 0.1) is 12.7 Å². The fourth-order valence-electron chi connectivity index (χ4n) is 1.57. The molecule has 4 heteroatoms. The highest BCUT2D eigenvalue weighted by molar-refractivity contribution is 6.07. The second-order valence-electron chi connectivity index (χ2n) is 3.81. The van der Waals surface area contributed by atoms with Crippen LogP contribution in [0.1, 0.15) is 32.2 Å². The molecule has 0 radical (unpaired) electrons. The normalized spacial score (nSPS) is 10.1. The number of ether oxygens (including phenoxy) is 1. The highest BCUT2D eigenvalue weighted by Crippen LogP contribution is 2.14. The van der Waals surface area contributed by atoms with Crippen molar-refractivity contribution >= 4 is 11.8 Å². The van der Waals surface area contributed by atoms with Crippen LogP contribution in [0.2, 0.25) is 0 Å². The maximum atomic E-state index is 12.0. The van der Waals surface area contributed by atoms with Crippen molar-refractivity contribution in [2.75, 3.05) is 7.11 Å². The van der Waals surface area contributed by atoms with Crippen LogP contribution in [-0.2, 0) is 4.74 Å². The molecular weight excluding hydrogens is 232 g/mol. The minimum atomic E-state index is -0.428. The molecule has 0 N–H and O–H groups in total. The predicted octanol–water partition coefficient (Wildman–Crippen LogP) is 2.61. The van der Waals surface area contributed by atoms with Crippen LogP contribution in [0.15, 0.2) is 40.8 Å². The zero-order valence-corrected chi connectivity index (χ0v) is 10.1. The summed E-state index contributed by atoms with van der Waals surface area (Å²) < 4.78 is 9.84. The molecule has 1 aromatic heterocycles. The van der Waals surface area contributed by atoms with Gasteiger partial charge in [0.1, 0.15) is 5.76 Å². The van der Waals surface area contributed by atoms with E-state index in [1.165, 1.54) is 7.11 Å². The number of hydrogen-bond donors (Lipinski definition) is 0. The van der Waals surface area contributed by atoms with Gasteiger partial charge in [-0.05, 0) is 31.2 Å². The summed E-state index contributed by atoms with van der Waals surface area (Å²) in [6.45, 7) is 1.77. The van der Waals surface area contributed by atoms with Crippen LogP contribution in [0, 0.1) is 6.92 Å². The lowest BCUT2D eigenvalue weighted by atomic mass is 10.1. The van der Waals surface area contributed by atoms with E-state index in [0.29, 0.717) is 22.6 Å². The van der Waals surface area contributed by atoms with Crippen LogP contribution in [0.25, 0.3) is 0 Å². The molecule has 92 valence electrons. The molecule has 0 fully saturated rings. The molecule has 0 aliphatic rings. The molecule has 0 amide bonds. The van der Waals surface area contributed by atoms with Crippen LogP contribution in [0.5, 0.6) is 0 Å². The van der Waals surface area contributed by atoms with Gasteiger partial charge in [-0.25, -0.2) is 4.79 Å². The molecule has 0 saturated heterocycles. The first kappa shape index (κ1) is 12.1. The van der Waals surface area contributed by atoms with Crippen LogP contribution >= 0.6 is 0 Å². The van der Waals surface area contributed by atoms with Crippen LogP contribution in [0.3, 0.4) is 0 Å². The highest BCUT2D eigenvalue weighted by atomic mass is 16.5. The number of hydrogen-bond acceptors (Lipinski definition) is 4. The van der Waals surface area contributed by atoms with E-state index in [2.05, 4.69) is 4.74 Å². The van der Waals surface area contributed by atoms with E-state index in [-0.39, 0.29) is 5.78 Å². The van der Waals surface area contributed by atoms with Gasteiger partial charge < -0.3 is 9.15 Å². The smallest absolute Gasteiger partial charge is 0.337 e. The number of carbonyl (C=O) groups is 2. The highest BCUT2D eigenvalue weighted by Gasteiger charge is 2.13. The number of rotatable bonds is 3. The third kappa shape index (κ3) is 2.32. The molecule has 0 unspecified atom stereocenters. The van der Waals surface area contributed by atoms with Gasteiger partial charge in [0.15, 0.2) is 5.76 Å². The van der Waals surface area contributed by atoms with Crippen molar-refractivity contribution in [1.82, 2.24) is 0 Å². The Labute approximate surface area is 104 Å². The van der Waals surface area contributed by atoms with E-state index >= 15 is 0 Å². The largest absolute Gasteiger partial charge is 0.465 e. The lowest BCUT2D eigenvalue weighted by molar-refractivity contribution is 0.0600. The summed E-state index contributed by atoms with van der Waals surface area (Å²) in [6, 6.07) is 9.62. The molecule has 4 nitrogen and oxygen atoms in total. The first-order chi connectivity index (χ1) is 8.61. The lowest BCUT2D eigenvalue weighted by Gasteiger charge is -2.01. The molecule has 2 rings (SSSR count). The van der Waals surface area contributed by atoms with Crippen molar-refractivity contribution in [3.63, 3.8) is 0 Å². The standard InChI is InChI=1S/C14H12O4/c1-9-3-8-12(18-9)13(15)10-4-6-11(7-5-10)14(16)17-2/h3-8H,1-2H3. The molecular formula is C14H12O4. The van der Waals surface area contributed by atoms with E-state index in [4.69, 9.17) is 4.42 Å². The van der Waals surface area contributed by atoms with Gasteiger partial charge in [-0.1, -0.05) is 12.1 Å². The van der Waals surface area contributed by atoms with Crippen molar-refractivity contribution in [2.45, 2.75) is 6.92 Å². The molecule has 1 aromatic carbocycles. The van der Waals surface area contributed by atoms with Crippen LogP contribution < -0.4 is 0 Å². The summed E-state index contributed by atoms with van der Waals surface area (Å²) in [4.78, 5) is 23.2. The van der Waals surface area contributed by atoms with Crippen molar-refractivity contribution in [2.24, 2.45) is 0 Å². The number of furan rings is 1. The fraction of sp³-hybridized carbons (Fsp3) is 0.143. The van der Waals surface area contributed by atoms with Gasteiger partial charge in [0.25, 0.3) is 0 Å². The fourth-order valence-corrected chi connectivity index (χ4v) is 1.57. The Morgan fingerprint density at radius 1 is 1.00 bits per heavy atom. The molecule has 0 bridgehead atoms. The van der Waals surface area contributed by atoms with Crippen molar-refractivity contribution in [1.29, 1.82) is 0 Å². The summed E-state index contributed by atoms with van der Waals surface area (Å²) in [7, 11) is 1.31. The van der Waals surface area contributed by atoms with Gasteiger partial charge in [-0.2, -0.15) is 0 Å². The van der Waals surface area contributed by atoms with Gasteiger partial charge in [0.2, 0.25) is 5.78 Å². The van der Waals surface area contributed by atoms with Gasteiger partial charge in [-0.3, -0.25) is 4.79 Å². The quantitative estimate of drug-likeness (QED) is 0.615. The first-order valence-electron chi connectivity index (χ1n) is 5.41. The average molecular weight is 244 g/mol. The molecule has 0 spiro atoms. The molecule has 0 saturated carbocycles. The summed E-state index contributed by atoms with van der Waals surface area (Å²) in [5.41, 5.74) is 0.877. The molecule has 2 aromatic rings. The van der Waals surface area contributed by atoms with E-state index in [1.54, 1.807) is 43.3 Å². The third-order valence-electron chi connectivity index (χ3n) is 2.53. The summed E-state index contributed by atoms with van der Waals surface area (Å²) >= 11 is 0. The van der Waals surface area contributed by atoms with Gasteiger partial charge in [-0.15, -0.1) is 0 Å². The average Bonchev–Trinajstić information content (AvgIpc) is 2.84. The Balaban J connectivity index is 2.24. The maximum Gasteiger partial charge on any atom is 0.337 e. The van der Waals surface area contributed by atoms with Gasteiger partial charge in [0, 0.05) is 5.56 Å². The molecule has 0 aliphatic carbocycles. The van der Waals surface area contributed by atoms with E-state index in [1.807, 2.05) is 0 Å². The third-order valence-corrected chi connectivity index (χ3v) is 2.53. The maximum absolute atomic E-state index is 12.0. The number of carbonyl (C=O) groups excluding carboxylic acids is 2. The Hall–Kier alpha value is -2.36. The first-order valence-corrected chi connectivity index (χ1v) is 5.41. The SMILES string of the molecule is COC(=O)c1ccc(C(=O)c2ccc(C)o2)cc1. The van der Waals surface area contributed by atoms with E-state index in [9.17, 15) is 9.59 Å². The van der Waals surface area contributed by atoms with Crippen molar-refractivity contribution < 1.29 is 18.7 Å². The van der Waals surface area contributed by atoms with Crippen molar-refractivity contribution in [3.05, 3.63) is 59.0 Å². The molecule has 0 aliphatic heterocycles. The second kappa shape index (κ2) is 4.87. The number of methoxy groups -OCH3 is 1. The molecule has 1 heterocycles. The number of ketones is 1. The Morgan fingerprint density at radius 2 is 1.61 bits per heavy atom. The number of esters is 1. The van der Waals surface area contributed by atoms with E-state index < -0.39 is 5.97 Å². The van der Waals surface area contributed by atoms with E-state index in [0.717, 1.165) is 0 Å². The Kier molecular flexibility index (Phi) is 3.28. The van der Waals surface area contributed by atoms with Crippen LogP contribution in [-0.4, -0.2) is 18.9 Å². The Morgan fingerprint density at radius 3 is 2.11 bits per heavy atom. The predicted molar refractivity (Wildman–Crippen MR) is 64.7 cm³/mol. The number of benzene rings is 1. The summed E-state index contributed by atoms with van der Waals surface area (Å²) in [5, 5.41) is 0. The zero-order chi connectivity index (χ0) is 13.1. The minimum Gasteiger partial charge on any atom is -0.465 e. The molecule has 0 atom stereocenters. The lowest BCUT2D eigenvalue weighted by Crippen LogP contribution is -2.03. The number of aryl methyl sites for hydroxylation is 1. The topological polar surface area (TPSA) is 56.5 Å². The monoisotopic (exact) mass is 244 g/mol. The zero-order valence-electron chi connectivity index (χ0n) is 10.1. The van der Waals surface area contributed by atoms with Crippen molar-refractivity contribution in [3.8, 4) is 0 Å². The summed E-state index contributed by atoms with van der Waals surface area (Å²) in [5.74, 6) is 0.338. The van der Waals surface area contributed by atoms with Crippen LogP contribution in [0.4, 0.5) is 0 Å². The summed E-state index contributed by atoms with van der Waals surface area (Å²) in [6.07, 6.45) is 0. The molecule has 18 heavy (non-hydrogen) atoms.